The van der Waals surface area contributed by atoms with Gasteiger partial charge in [-0.25, -0.2) is 9.37 Å². The van der Waals surface area contributed by atoms with E-state index in [-0.39, 0.29) is 5.82 Å². The maximum Gasteiger partial charge on any atom is 0.144 e. The topological polar surface area (TPSA) is 24.9 Å². The molecule has 1 aromatic heterocycles. The fraction of sp³-hybridized carbons (Fsp3) is 0.0833. The number of rotatable bonds is 2. The lowest BCUT2D eigenvalue weighted by atomic mass is 10.2. The maximum absolute atomic E-state index is 13.1. The van der Waals surface area contributed by atoms with Gasteiger partial charge in [-0.05, 0) is 58.7 Å². The molecule has 0 saturated heterocycles. The molecule has 16 heavy (non-hydrogen) atoms. The van der Waals surface area contributed by atoms with Crippen LogP contribution in [0.15, 0.2) is 41.0 Å². The molecule has 2 nitrogen and oxygen atoms in total. The molecular formula is C12H10BrFN2. The third kappa shape index (κ3) is 2.39. The molecule has 2 rings (SSSR count). The van der Waals surface area contributed by atoms with E-state index in [0.717, 1.165) is 10.2 Å². The lowest BCUT2D eigenvalue weighted by Crippen LogP contribution is -1.95. The number of hydrogen-bond acceptors (Lipinski definition) is 2. The van der Waals surface area contributed by atoms with Crippen LogP contribution >= 0.6 is 15.9 Å². The smallest absolute Gasteiger partial charge is 0.144 e. The minimum atomic E-state index is -0.203. The van der Waals surface area contributed by atoms with Crippen molar-refractivity contribution in [2.24, 2.45) is 0 Å². The standard InChI is InChI=1S/C12H10BrFN2/c1-8-7-9(4-5-11(8)14)16-12-10(13)3-2-6-15-12/h2-7H,1H3,(H,15,16). The molecule has 0 spiro atoms. The van der Waals surface area contributed by atoms with Gasteiger partial charge in [0.15, 0.2) is 0 Å². The Morgan fingerprint density at radius 3 is 2.81 bits per heavy atom. The van der Waals surface area contributed by atoms with Crippen molar-refractivity contribution in [3.63, 3.8) is 0 Å². The normalized spacial score (nSPS) is 10.2. The van der Waals surface area contributed by atoms with E-state index < -0.39 is 0 Å². The number of nitrogens with one attached hydrogen (secondary N) is 1. The predicted octanol–water partition coefficient (Wildman–Crippen LogP) is 4.04. The molecule has 0 saturated carbocycles. The van der Waals surface area contributed by atoms with Crippen LogP contribution in [-0.2, 0) is 0 Å². The first-order valence-corrected chi connectivity index (χ1v) is 5.60. The zero-order chi connectivity index (χ0) is 11.5. The highest BCUT2D eigenvalue weighted by Crippen LogP contribution is 2.23. The molecule has 1 heterocycles. The molecule has 1 N–H and O–H groups in total. The van der Waals surface area contributed by atoms with E-state index in [9.17, 15) is 4.39 Å². The molecule has 2 aromatic rings. The van der Waals surface area contributed by atoms with Crippen molar-refractivity contribution in [2.75, 3.05) is 5.32 Å². The quantitative estimate of drug-likeness (QED) is 0.898. The summed E-state index contributed by atoms with van der Waals surface area (Å²) in [4.78, 5) is 4.17. The average Bonchev–Trinajstić information content (AvgIpc) is 2.27. The number of hydrogen-bond donors (Lipinski definition) is 1. The third-order valence-corrected chi connectivity index (χ3v) is 2.82. The van der Waals surface area contributed by atoms with E-state index in [1.807, 2.05) is 12.1 Å². The zero-order valence-electron chi connectivity index (χ0n) is 8.67. The fourth-order valence-electron chi connectivity index (χ4n) is 1.34. The molecule has 0 radical (unpaired) electrons. The first-order chi connectivity index (χ1) is 7.66. The van der Waals surface area contributed by atoms with Crippen molar-refractivity contribution in [1.82, 2.24) is 4.98 Å². The summed E-state index contributed by atoms with van der Waals surface area (Å²) in [5, 5.41) is 3.12. The van der Waals surface area contributed by atoms with Crippen LogP contribution < -0.4 is 5.32 Å². The highest BCUT2D eigenvalue weighted by Gasteiger charge is 2.02. The summed E-state index contributed by atoms with van der Waals surface area (Å²) in [5.41, 5.74) is 1.43. The summed E-state index contributed by atoms with van der Waals surface area (Å²) in [6.45, 7) is 1.73. The average molecular weight is 281 g/mol. The second kappa shape index (κ2) is 4.61. The molecule has 4 heteroatoms. The Kier molecular flexibility index (Phi) is 3.19. The molecule has 0 fully saturated rings. The van der Waals surface area contributed by atoms with Gasteiger partial charge in [0.25, 0.3) is 0 Å². The molecule has 0 amide bonds. The van der Waals surface area contributed by atoms with E-state index in [1.54, 1.807) is 25.3 Å². The number of aryl methyl sites for hydroxylation is 1. The molecule has 0 aliphatic carbocycles. The van der Waals surface area contributed by atoms with Gasteiger partial charge in [0.2, 0.25) is 0 Å². The fourth-order valence-corrected chi connectivity index (χ4v) is 1.69. The van der Waals surface area contributed by atoms with Gasteiger partial charge in [0, 0.05) is 11.9 Å². The van der Waals surface area contributed by atoms with Gasteiger partial charge in [0.1, 0.15) is 11.6 Å². The minimum absolute atomic E-state index is 0.203. The summed E-state index contributed by atoms with van der Waals surface area (Å²) in [7, 11) is 0. The number of anilines is 2. The Hall–Kier alpha value is -1.42. The monoisotopic (exact) mass is 280 g/mol. The molecule has 1 aromatic carbocycles. The Balaban J connectivity index is 2.28. The summed E-state index contributed by atoms with van der Waals surface area (Å²) in [5.74, 6) is 0.513. The Labute approximate surface area is 102 Å². The first kappa shape index (κ1) is 11.1. The van der Waals surface area contributed by atoms with Gasteiger partial charge >= 0.3 is 0 Å². The van der Waals surface area contributed by atoms with E-state index in [4.69, 9.17) is 0 Å². The number of halogens is 2. The number of pyridine rings is 1. The highest BCUT2D eigenvalue weighted by molar-refractivity contribution is 9.10. The summed E-state index contributed by atoms with van der Waals surface area (Å²) in [6.07, 6.45) is 1.70. The van der Waals surface area contributed by atoms with E-state index in [0.29, 0.717) is 11.4 Å². The molecule has 0 unspecified atom stereocenters. The van der Waals surface area contributed by atoms with Gasteiger partial charge in [0.05, 0.1) is 4.47 Å². The minimum Gasteiger partial charge on any atom is -0.339 e. The van der Waals surface area contributed by atoms with Gasteiger partial charge in [-0.1, -0.05) is 0 Å². The van der Waals surface area contributed by atoms with Crippen LogP contribution in [-0.4, -0.2) is 4.98 Å². The van der Waals surface area contributed by atoms with Crippen molar-refractivity contribution in [2.45, 2.75) is 6.92 Å². The largest absolute Gasteiger partial charge is 0.339 e. The van der Waals surface area contributed by atoms with Crippen LogP contribution in [0.2, 0.25) is 0 Å². The van der Waals surface area contributed by atoms with Crippen molar-refractivity contribution < 1.29 is 4.39 Å². The van der Waals surface area contributed by atoms with Crippen molar-refractivity contribution >= 4 is 27.4 Å². The molecule has 0 aliphatic rings. The van der Waals surface area contributed by atoms with Crippen LogP contribution in [0.5, 0.6) is 0 Å². The Bertz CT molecular complexity index is 514. The van der Waals surface area contributed by atoms with Crippen LogP contribution in [0, 0.1) is 12.7 Å². The number of aromatic nitrogens is 1. The lowest BCUT2D eigenvalue weighted by Gasteiger charge is -2.08. The van der Waals surface area contributed by atoms with E-state index in [1.165, 1.54) is 6.07 Å². The summed E-state index contributed by atoms with van der Waals surface area (Å²) in [6, 6.07) is 8.60. The van der Waals surface area contributed by atoms with Gasteiger partial charge < -0.3 is 5.32 Å². The molecule has 82 valence electrons. The third-order valence-electron chi connectivity index (χ3n) is 2.18. The van der Waals surface area contributed by atoms with Crippen molar-refractivity contribution in [1.29, 1.82) is 0 Å². The van der Waals surface area contributed by atoms with Crippen LogP contribution in [0.1, 0.15) is 5.56 Å². The second-order valence-corrected chi connectivity index (χ2v) is 4.28. The molecule has 0 bridgehead atoms. The highest BCUT2D eigenvalue weighted by atomic mass is 79.9. The number of nitrogens with zero attached hydrogens (tertiary/aromatic N) is 1. The lowest BCUT2D eigenvalue weighted by molar-refractivity contribution is 0.619. The van der Waals surface area contributed by atoms with E-state index in [2.05, 4.69) is 26.2 Å². The van der Waals surface area contributed by atoms with Gasteiger partial charge in [-0.15, -0.1) is 0 Å². The van der Waals surface area contributed by atoms with Crippen LogP contribution in [0.4, 0.5) is 15.9 Å². The first-order valence-electron chi connectivity index (χ1n) is 4.80. The van der Waals surface area contributed by atoms with Crippen LogP contribution in [0.25, 0.3) is 0 Å². The van der Waals surface area contributed by atoms with Crippen molar-refractivity contribution in [3.8, 4) is 0 Å². The number of benzene rings is 1. The molecule has 0 atom stereocenters. The van der Waals surface area contributed by atoms with Crippen LogP contribution in [0.3, 0.4) is 0 Å². The Morgan fingerprint density at radius 1 is 1.31 bits per heavy atom. The molecule has 0 aliphatic heterocycles. The van der Waals surface area contributed by atoms with Gasteiger partial charge in [-0.3, -0.25) is 0 Å². The SMILES string of the molecule is Cc1cc(Nc2ncccc2Br)ccc1F. The van der Waals surface area contributed by atoms with Gasteiger partial charge in [-0.2, -0.15) is 0 Å². The zero-order valence-corrected chi connectivity index (χ0v) is 10.3. The molecular weight excluding hydrogens is 271 g/mol. The maximum atomic E-state index is 13.1. The van der Waals surface area contributed by atoms with Crippen molar-refractivity contribution in [3.05, 3.63) is 52.4 Å². The summed E-state index contributed by atoms with van der Waals surface area (Å²) >= 11 is 3.39. The predicted molar refractivity (Wildman–Crippen MR) is 66.4 cm³/mol. The van der Waals surface area contributed by atoms with E-state index >= 15 is 0 Å². The summed E-state index contributed by atoms with van der Waals surface area (Å²) < 4.78 is 13.9. The Morgan fingerprint density at radius 2 is 2.12 bits per heavy atom. The second-order valence-electron chi connectivity index (χ2n) is 3.42.